The first-order valence-electron chi connectivity index (χ1n) is 4.11. The molecule has 3 heteroatoms. The number of hydrogen-bond donors (Lipinski definition) is 0. The predicted molar refractivity (Wildman–Crippen MR) is 46.3 cm³/mol. The van der Waals surface area contributed by atoms with Crippen LogP contribution in [-0.4, -0.2) is 18.0 Å². The molecule has 1 heterocycles. The third kappa shape index (κ3) is 1.30. The van der Waals surface area contributed by atoms with Gasteiger partial charge in [-0.05, 0) is 24.7 Å². The molecule has 0 saturated carbocycles. The molecule has 0 amide bonds. The molecule has 0 aromatic heterocycles. The third-order valence-electron chi connectivity index (χ3n) is 2.43. The van der Waals surface area contributed by atoms with Crippen LogP contribution in [0.3, 0.4) is 0 Å². The van der Waals surface area contributed by atoms with Crippen LogP contribution in [0.1, 0.15) is 11.6 Å². The minimum absolute atomic E-state index is 0.0366. The van der Waals surface area contributed by atoms with Gasteiger partial charge in [-0.1, -0.05) is 12.1 Å². The quantitative estimate of drug-likeness (QED) is 0.609. The number of nitriles is 1. The van der Waals surface area contributed by atoms with E-state index in [1.165, 1.54) is 12.1 Å². The average molecular weight is 176 g/mol. The SMILES string of the molecule is CN1[C@@H](C#N)[C@@H]1c1ccc(F)cc1. The highest BCUT2D eigenvalue weighted by Crippen LogP contribution is 2.40. The van der Waals surface area contributed by atoms with Crippen LogP contribution in [0.2, 0.25) is 0 Å². The Morgan fingerprint density at radius 3 is 2.46 bits per heavy atom. The van der Waals surface area contributed by atoms with E-state index in [-0.39, 0.29) is 17.9 Å². The molecule has 1 aliphatic heterocycles. The smallest absolute Gasteiger partial charge is 0.123 e. The maximum Gasteiger partial charge on any atom is 0.123 e. The van der Waals surface area contributed by atoms with Crippen LogP contribution < -0.4 is 0 Å². The lowest BCUT2D eigenvalue weighted by Gasteiger charge is -1.96. The van der Waals surface area contributed by atoms with Gasteiger partial charge in [-0.2, -0.15) is 5.26 Å². The molecule has 1 fully saturated rings. The van der Waals surface area contributed by atoms with Gasteiger partial charge in [0.1, 0.15) is 11.9 Å². The van der Waals surface area contributed by atoms with Crippen molar-refractivity contribution < 1.29 is 4.39 Å². The van der Waals surface area contributed by atoms with Crippen molar-refractivity contribution in [1.82, 2.24) is 4.90 Å². The van der Waals surface area contributed by atoms with Gasteiger partial charge in [0.05, 0.1) is 12.1 Å². The van der Waals surface area contributed by atoms with Crippen molar-refractivity contribution in [2.75, 3.05) is 7.05 Å². The summed E-state index contributed by atoms with van der Waals surface area (Å²) in [6.07, 6.45) is 0. The molecule has 1 saturated heterocycles. The van der Waals surface area contributed by atoms with Crippen LogP contribution >= 0.6 is 0 Å². The summed E-state index contributed by atoms with van der Waals surface area (Å²) in [7, 11) is 1.89. The van der Waals surface area contributed by atoms with Crippen LogP contribution in [0.4, 0.5) is 4.39 Å². The second-order valence-electron chi connectivity index (χ2n) is 3.24. The number of halogens is 1. The normalized spacial score (nSPS) is 31.0. The van der Waals surface area contributed by atoms with Crippen LogP contribution in [0.25, 0.3) is 0 Å². The first kappa shape index (κ1) is 8.21. The zero-order chi connectivity index (χ0) is 9.42. The summed E-state index contributed by atoms with van der Waals surface area (Å²) in [5, 5.41) is 8.70. The standard InChI is InChI=1S/C10H9FN2/c1-13-9(6-12)10(13)7-2-4-8(11)5-3-7/h2-5,9-10H,1H3/t9-,10-,13?/m0/s1. The van der Waals surface area contributed by atoms with Crippen LogP contribution in [0.15, 0.2) is 24.3 Å². The largest absolute Gasteiger partial charge is 0.280 e. The highest BCUT2D eigenvalue weighted by molar-refractivity contribution is 5.30. The summed E-state index contributed by atoms with van der Waals surface area (Å²) in [6, 6.07) is 8.62. The summed E-state index contributed by atoms with van der Waals surface area (Å²) in [5.41, 5.74) is 1.01. The predicted octanol–water partition coefficient (Wildman–Crippen LogP) is 1.70. The van der Waals surface area contributed by atoms with E-state index in [1.807, 2.05) is 11.9 Å². The minimum atomic E-state index is -0.236. The zero-order valence-electron chi connectivity index (χ0n) is 7.24. The summed E-state index contributed by atoms with van der Waals surface area (Å²) in [5.74, 6) is -0.236. The maximum atomic E-state index is 12.6. The molecule has 0 bridgehead atoms. The fourth-order valence-electron chi connectivity index (χ4n) is 1.58. The number of nitrogens with zero attached hydrogens (tertiary/aromatic N) is 2. The van der Waals surface area contributed by atoms with E-state index in [9.17, 15) is 4.39 Å². The van der Waals surface area contributed by atoms with Crippen LogP contribution in [-0.2, 0) is 0 Å². The van der Waals surface area contributed by atoms with Gasteiger partial charge >= 0.3 is 0 Å². The molecule has 2 rings (SSSR count). The summed E-state index contributed by atoms with van der Waals surface area (Å²) >= 11 is 0. The molecule has 1 unspecified atom stereocenters. The van der Waals surface area contributed by atoms with Crippen LogP contribution in [0, 0.1) is 17.1 Å². The Balaban J connectivity index is 2.21. The molecular formula is C10H9FN2. The van der Waals surface area contributed by atoms with Gasteiger partial charge in [0.25, 0.3) is 0 Å². The molecule has 1 aromatic rings. The van der Waals surface area contributed by atoms with Gasteiger partial charge in [-0.25, -0.2) is 4.39 Å². The topological polar surface area (TPSA) is 26.8 Å². The highest BCUT2D eigenvalue weighted by Gasteiger charge is 2.45. The lowest BCUT2D eigenvalue weighted by atomic mass is 10.1. The molecule has 66 valence electrons. The number of benzene rings is 1. The van der Waals surface area contributed by atoms with Crippen molar-refractivity contribution in [3.8, 4) is 6.07 Å². The molecular weight excluding hydrogens is 167 g/mol. The lowest BCUT2D eigenvalue weighted by molar-refractivity contribution is 0.609. The highest BCUT2D eigenvalue weighted by atomic mass is 19.1. The van der Waals surface area contributed by atoms with Crippen LogP contribution in [0.5, 0.6) is 0 Å². The van der Waals surface area contributed by atoms with Gasteiger partial charge in [-0.15, -0.1) is 0 Å². The molecule has 0 radical (unpaired) electrons. The van der Waals surface area contributed by atoms with Gasteiger partial charge in [0.2, 0.25) is 0 Å². The Bertz CT molecular complexity index is 352. The zero-order valence-corrected chi connectivity index (χ0v) is 7.24. The second-order valence-corrected chi connectivity index (χ2v) is 3.24. The van der Waals surface area contributed by atoms with Crippen molar-refractivity contribution in [1.29, 1.82) is 5.26 Å². The fraction of sp³-hybridized carbons (Fsp3) is 0.300. The molecule has 3 atom stereocenters. The molecule has 1 aliphatic rings. The minimum Gasteiger partial charge on any atom is -0.280 e. The van der Waals surface area contributed by atoms with E-state index >= 15 is 0 Å². The van der Waals surface area contributed by atoms with Gasteiger partial charge in [0, 0.05) is 0 Å². The molecule has 0 N–H and O–H groups in total. The molecule has 13 heavy (non-hydrogen) atoms. The van der Waals surface area contributed by atoms with Crippen molar-refractivity contribution in [2.45, 2.75) is 12.1 Å². The Kier molecular flexibility index (Phi) is 1.78. The average Bonchev–Trinajstić information content (AvgIpc) is 2.78. The summed E-state index contributed by atoms with van der Waals surface area (Å²) in [6.45, 7) is 0. The number of likely N-dealkylation sites (N-methyl/N-ethyl adjacent to an activating group) is 1. The van der Waals surface area contributed by atoms with E-state index < -0.39 is 0 Å². The monoisotopic (exact) mass is 176 g/mol. The third-order valence-corrected chi connectivity index (χ3v) is 2.43. The van der Waals surface area contributed by atoms with Crippen molar-refractivity contribution in [2.24, 2.45) is 0 Å². The first-order chi connectivity index (χ1) is 6.24. The maximum absolute atomic E-state index is 12.6. The number of hydrogen-bond acceptors (Lipinski definition) is 2. The summed E-state index contributed by atoms with van der Waals surface area (Å²) < 4.78 is 12.6. The Labute approximate surface area is 76.2 Å². The Morgan fingerprint density at radius 2 is 2.00 bits per heavy atom. The van der Waals surface area contributed by atoms with Gasteiger partial charge < -0.3 is 0 Å². The Morgan fingerprint density at radius 1 is 1.38 bits per heavy atom. The van der Waals surface area contributed by atoms with E-state index in [2.05, 4.69) is 6.07 Å². The lowest BCUT2D eigenvalue weighted by Crippen LogP contribution is -1.88. The molecule has 1 aromatic carbocycles. The van der Waals surface area contributed by atoms with Gasteiger partial charge in [-0.3, -0.25) is 4.90 Å². The first-order valence-corrected chi connectivity index (χ1v) is 4.11. The van der Waals surface area contributed by atoms with Gasteiger partial charge in [0.15, 0.2) is 0 Å². The van der Waals surface area contributed by atoms with Crippen molar-refractivity contribution in [3.05, 3.63) is 35.6 Å². The second kappa shape index (κ2) is 2.82. The van der Waals surface area contributed by atoms with E-state index in [0.717, 1.165) is 5.56 Å². The number of rotatable bonds is 1. The Hall–Kier alpha value is -1.40. The molecule has 0 aliphatic carbocycles. The van der Waals surface area contributed by atoms with Crippen molar-refractivity contribution in [3.63, 3.8) is 0 Å². The molecule has 0 spiro atoms. The molecule has 2 nitrogen and oxygen atoms in total. The summed E-state index contributed by atoms with van der Waals surface area (Å²) in [4.78, 5) is 1.95. The van der Waals surface area contributed by atoms with E-state index in [1.54, 1.807) is 12.1 Å². The van der Waals surface area contributed by atoms with Crippen molar-refractivity contribution >= 4 is 0 Å². The van der Waals surface area contributed by atoms with E-state index in [0.29, 0.717) is 0 Å². The fourth-order valence-corrected chi connectivity index (χ4v) is 1.58. The van der Waals surface area contributed by atoms with E-state index in [4.69, 9.17) is 5.26 Å².